The molecule has 2 aromatic rings. The zero-order valence-electron chi connectivity index (χ0n) is 17.8. The standard InChI is InChI=1S/C22H34N4O2/c1-5-17-18-21(27)24-19(14-10-12-28-13-11-14)25-26(18)20(23-17)15-6-8-16(9-7-15)22(2,3)4/h14-16H,5-13H2,1-4H3,(H,24,25,27). The summed E-state index contributed by atoms with van der Waals surface area (Å²) >= 11 is 0. The van der Waals surface area contributed by atoms with Gasteiger partial charge < -0.3 is 9.72 Å². The van der Waals surface area contributed by atoms with E-state index in [9.17, 15) is 4.79 Å². The SMILES string of the molecule is CCc1nc(C2CCC(C(C)(C)C)CC2)n2nc(C3CCOCC3)[nH]c(=O)c12. The Hall–Kier alpha value is -1.69. The molecule has 2 fully saturated rings. The van der Waals surface area contributed by atoms with Crippen LogP contribution in [-0.4, -0.2) is 32.8 Å². The minimum Gasteiger partial charge on any atom is -0.381 e. The Balaban J connectivity index is 1.70. The molecular formula is C22H34N4O2. The van der Waals surface area contributed by atoms with E-state index in [1.807, 2.05) is 4.52 Å². The molecule has 0 aromatic carbocycles. The molecule has 0 unspecified atom stereocenters. The Morgan fingerprint density at radius 2 is 1.75 bits per heavy atom. The lowest BCUT2D eigenvalue weighted by Crippen LogP contribution is -2.27. The van der Waals surface area contributed by atoms with E-state index >= 15 is 0 Å². The van der Waals surface area contributed by atoms with Gasteiger partial charge in [0.15, 0.2) is 5.52 Å². The highest BCUT2D eigenvalue weighted by atomic mass is 16.5. The number of nitrogens with one attached hydrogen (secondary N) is 1. The van der Waals surface area contributed by atoms with Crippen LogP contribution in [0.15, 0.2) is 4.79 Å². The maximum absolute atomic E-state index is 12.9. The van der Waals surface area contributed by atoms with Crippen molar-refractivity contribution in [3.63, 3.8) is 0 Å². The summed E-state index contributed by atoms with van der Waals surface area (Å²) in [5.74, 6) is 3.21. The summed E-state index contributed by atoms with van der Waals surface area (Å²) in [4.78, 5) is 20.9. The number of hydrogen-bond acceptors (Lipinski definition) is 4. The molecule has 0 bridgehead atoms. The minimum absolute atomic E-state index is 0.0459. The zero-order chi connectivity index (χ0) is 19.9. The lowest BCUT2D eigenvalue weighted by molar-refractivity contribution is 0.0832. The van der Waals surface area contributed by atoms with E-state index in [2.05, 4.69) is 32.7 Å². The van der Waals surface area contributed by atoms with Gasteiger partial charge in [-0.25, -0.2) is 9.50 Å². The van der Waals surface area contributed by atoms with Gasteiger partial charge in [0.05, 0.1) is 5.69 Å². The third-order valence-corrected chi connectivity index (χ3v) is 6.88. The van der Waals surface area contributed by atoms with E-state index in [1.165, 1.54) is 12.8 Å². The Labute approximate surface area is 167 Å². The molecule has 2 aromatic heterocycles. The van der Waals surface area contributed by atoms with Gasteiger partial charge in [0, 0.05) is 25.0 Å². The van der Waals surface area contributed by atoms with Gasteiger partial charge in [-0.3, -0.25) is 4.79 Å². The van der Waals surface area contributed by atoms with Crippen LogP contribution < -0.4 is 5.56 Å². The number of ether oxygens (including phenoxy) is 1. The molecule has 0 radical (unpaired) electrons. The van der Waals surface area contributed by atoms with Crippen LogP contribution in [-0.2, 0) is 11.2 Å². The van der Waals surface area contributed by atoms with Gasteiger partial charge in [0.2, 0.25) is 0 Å². The van der Waals surface area contributed by atoms with Gasteiger partial charge in [-0.05, 0) is 56.3 Å². The van der Waals surface area contributed by atoms with Crippen molar-refractivity contribution in [2.75, 3.05) is 13.2 Å². The molecule has 6 nitrogen and oxygen atoms in total. The van der Waals surface area contributed by atoms with Gasteiger partial charge in [-0.2, -0.15) is 5.10 Å². The molecule has 4 rings (SSSR count). The Kier molecular flexibility index (Phi) is 5.34. The summed E-state index contributed by atoms with van der Waals surface area (Å²) in [7, 11) is 0. The van der Waals surface area contributed by atoms with Gasteiger partial charge in [0.1, 0.15) is 11.6 Å². The van der Waals surface area contributed by atoms with Gasteiger partial charge >= 0.3 is 0 Å². The molecule has 28 heavy (non-hydrogen) atoms. The maximum atomic E-state index is 12.9. The van der Waals surface area contributed by atoms with Gasteiger partial charge in [-0.1, -0.05) is 27.7 Å². The first-order chi connectivity index (χ1) is 13.4. The maximum Gasteiger partial charge on any atom is 0.277 e. The van der Waals surface area contributed by atoms with Crippen molar-refractivity contribution in [2.45, 2.75) is 84.5 Å². The number of hydrogen-bond donors (Lipinski definition) is 1. The van der Waals surface area contributed by atoms with Crippen LogP contribution in [0.5, 0.6) is 0 Å². The summed E-state index contributed by atoms with van der Waals surface area (Å²) in [6.07, 6.45) is 7.28. The number of aromatic nitrogens is 4. The third kappa shape index (κ3) is 3.63. The van der Waals surface area contributed by atoms with Gasteiger partial charge in [0.25, 0.3) is 5.56 Å². The predicted molar refractivity (Wildman–Crippen MR) is 110 cm³/mol. The van der Waals surface area contributed by atoms with Crippen LogP contribution >= 0.6 is 0 Å². The second kappa shape index (κ2) is 7.62. The zero-order valence-corrected chi connectivity index (χ0v) is 17.8. The lowest BCUT2D eigenvalue weighted by Gasteiger charge is -2.36. The van der Waals surface area contributed by atoms with Crippen LogP contribution in [0.1, 0.15) is 95.4 Å². The number of fused-ring (bicyclic) bond motifs is 1. The molecule has 3 heterocycles. The van der Waals surface area contributed by atoms with Gasteiger partial charge in [-0.15, -0.1) is 0 Å². The van der Waals surface area contributed by atoms with Crippen LogP contribution in [0, 0.1) is 11.3 Å². The highest BCUT2D eigenvalue weighted by molar-refractivity contribution is 5.51. The molecule has 1 aliphatic heterocycles. The fraction of sp³-hybridized carbons (Fsp3) is 0.773. The largest absolute Gasteiger partial charge is 0.381 e. The first-order valence-corrected chi connectivity index (χ1v) is 11.0. The molecule has 1 N–H and O–H groups in total. The van der Waals surface area contributed by atoms with E-state index in [4.69, 9.17) is 14.8 Å². The Morgan fingerprint density at radius 3 is 2.36 bits per heavy atom. The van der Waals surface area contributed by atoms with Crippen LogP contribution in [0.3, 0.4) is 0 Å². The highest BCUT2D eigenvalue weighted by Crippen LogP contribution is 2.43. The lowest BCUT2D eigenvalue weighted by atomic mass is 9.70. The number of nitrogens with zero attached hydrogens (tertiary/aromatic N) is 3. The molecule has 1 aliphatic carbocycles. The summed E-state index contributed by atoms with van der Waals surface area (Å²) in [5.41, 5.74) is 1.83. The average molecular weight is 387 g/mol. The molecule has 154 valence electrons. The fourth-order valence-corrected chi connectivity index (χ4v) is 5.00. The van der Waals surface area contributed by atoms with Crippen LogP contribution in [0.4, 0.5) is 0 Å². The second-order valence-electron chi connectivity index (χ2n) is 9.67. The van der Waals surface area contributed by atoms with Crippen molar-refractivity contribution in [1.82, 2.24) is 19.6 Å². The summed E-state index contributed by atoms with van der Waals surface area (Å²) in [5, 5.41) is 4.91. The van der Waals surface area contributed by atoms with Crippen molar-refractivity contribution in [3.05, 3.63) is 27.7 Å². The number of H-pyrrole nitrogens is 1. The highest BCUT2D eigenvalue weighted by Gasteiger charge is 2.33. The molecule has 2 aliphatic rings. The van der Waals surface area contributed by atoms with E-state index in [1.54, 1.807) is 0 Å². The number of rotatable bonds is 3. The van der Waals surface area contributed by atoms with E-state index in [0.717, 1.165) is 68.6 Å². The average Bonchev–Trinajstić information content (AvgIpc) is 3.07. The number of imidazole rings is 1. The molecule has 0 amide bonds. The van der Waals surface area contributed by atoms with E-state index in [-0.39, 0.29) is 11.5 Å². The Morgan fingerprint density at radius 1 is 1.07 bits per heavy atom. The summed E-state index contributed by atoms with van der Waals surface area (Å²) < 4.78 is 7.37. The number of aromatic amines is 1. The first-order valence-electron chi connectivity index (χ1n) is 11.0. The van der Waals surface area contributed by atoms with Crippen molar-refractivity contribution in [1.29, 1.82) is 0 Å². The first kappa shape index (κ1) is 19.6. The molecule has 1 saturated heterocycles. The normalized spacial score (nSPS) is 24.7. The van der Waals surface area contributed by atoms with Crippen molar-refractivity contribution >= 4 is 5.52 Å². The van der Waals surface area contributed by atoms with Crippen molar-refractivity contribution in [3.8, 4) is 0 Å². The van der Waals surface area contributed by atoms with E-state index < -0.39 is 0 Å². The molecule has 0 atom stereocenters. The molecule has 6 heteroatoms. The minimum atomic E-state index is -0.0459. The third-order valence-electron chi connectivity index (χ3n) is 6.88. The molecular weight excluding hydrogens is 352 g/mol. The summed E-state index contributed by atoms with van der Waals surface area (Å²) in [6, 6.07) is 0. The van der Waals surface area contributed by atoms with Crippen molar-refractivity contribution < 1.29 is 4.74 Å². The molecule has 0 spiro atoms. The Bertz CT molecular complexity index is 878. The predicted octanol–water partition coefficient (Wildman–Crippen LogP) is 4.19. The monoisotopic (exact) mass is 386 g/mol. The fourth-order valence-electron chi connectivity index (χ4n) is 5.00. The van der Waals surface area contributed by atoms with Crippen molar-refractivity contribution in [2.24, 2.45) is 11.3 Å². The van der Waals surface area contributed by atoms with E-state index in [0.29, 0.717) is 16.8 Å². The van der Waals surface area contributed by atoms with Crippen LogP contribution in [0.2, 0.25) is 0 Å². The topological polar surface area (TPSA) is 72.3 Å². The molecule has 1 saturated carbocycles. The quantitative estimate of drug-likeness (QED) is 0.858. The smallest absolute Gasteiger partial charge is 0.277 e. The summed E-state index contributed by atoms with van der Waals surface area (Å²) in [6.45, 7) is 10.6. The second-order valence-corrected chi connectivity index (χ2v) is 9.67. The number of aryl methyl sites for hydroxylation is 1. The van der Waals surface area contributed by atoms with Crippen LogP contribution in [0.25, 0.3) is 5.52 Å².